The summed E-state index contributed by atoms with van der Waals surface area (Å²) >= 11 is 17.3. The Balaban J connectivity index is 0. The topological polar surface area (TPSA) is 26.1 Å². The van der Waals surface area contributed by atoms with E-state index in [4.69, 9.17) is 12.2 Å². The van der Waals surface area contributed by atoms with E-state index in [1.54, 1.807) is 0 Å². The number of unbranched alkanes of at least 4 members (excludes halogenated alkanes) is 2. The van der Waals surface area contributed by atoms with Crippen LogP contribution >= 0.6 is 49.7 Å². The second kappa shape index (κ2) is 12.1. The zero-order valence-electron chi connectivity index (χ0n) is 7.50. The van der Waals surface area contributed by atoms with E-state index in [2.05, 4.69) is 48.1 Å². The van der Waals surface area contributed by atoms with Crippen molar-refractivity contribution in [3.63, 3.8) is 0 Å². The van der Waals surface area contributed by atoms with Gasteiger partial charge in [-0.1, -0.05) is 37.3 Å². The van der Waals surface area contributed by atoms with Gasteiger partial charge in [-0.2, -0.15) is 12.6 Å². The Morgan fingerprint density at radius 1 is 1.14 bits per heavy atom. The van der Waals surface area contributed by atoms with Crippen molar-refractivity contribution in [3.8, 4) is 0 Å². The number of hydrogen-bond acceptors (Lipinski definition) is 2. The molecule has 1 N–H and O–H groups in total. The Bertz CT molecular complexity index is 159. The molecule has 0 aliphatic rings. The van der Waals surface area contributed by atoms with Crippen molar-refractivity contribution in [2.45, 2.75) is 19.3 Å². The number of nitrogens with one attached hydrogen (secondary N) is 1. The van der Waals surface area contributed by atoms with E-state index in [1.807, 2.05) is 0 Å². The van der Waals surface area contributed by atoms with Crippen LogP contribution < -0.4 is 5.32 Å². The largest absolute Gasteiger partial charge is 1.00 e. The average molecular weight is 317 g/mol. The maximum Gasteiger partial charge on any atom is 1.00 e. The molecular formula is C7H13CuN2S4. The van der Waals surface area contributed by atoms with Crippen molar-refractivity contribution in [2.75, 3.05) is 13.1 Å². The molecule has 7 heteroatoms. The SMILES string of the molecule is S=C(S)[N-]CCCCCNC(=S)S.[Cu+]. The molecule has 0 spiro atoms. The van der Waals surface area contributed by atoms with Crippen LogP contribution in [-0.2, 0) is 17.1 Å². The summed E-state index contributed by atoms with van der Waals surface area (Å²) in [7, 11) is 0. The van der Waals surface area contributed by atoms with Gasteiger partial charge >= 0.3 is 17.1 Å². The van der Waals surface area contributed by atoms with Crippen LogP contribution in [0.3, 0.4) is 0 Å². The third-order valence-electron chi connectivity index (χ3n) is 1.36. The smallest absolute Gasteiger partial charge is 0.670 e. The van der Waals surface area contributed by atoms with Crippen molar-refractivity contribution in [1.29, 1.82) is 0 Å². The van der Waals surface area contributed by atoms with E-state index < -0.39 is 0 Å². The number of rotatable bonds is 6. The molecule has 0 aromatic rings. The van der Waals surface area contributed by atoms with Gasteiger partial charge in [0.25, 0.3) is 0 Å². The van der Waals surface area contributed by atoms with Gasteiger partial charge in [-0.3, -0.25) is 0 Å². The zero-order chi connectivity index (χ0) is 10.1. The minimum Gasteiger partial charge on any atom is -0.670 e. The Labute approximate surface area is 118 Å². The third kappa shape index (κ3) is 15.5. The van der Waals surface area contributed by atoms with Gasteiger partial charge in [0.15, 0.2) is 0 Å². The van der Waals surface area contributed by atoms with Gasteiger partial charge in [-0.25, -0.2) is 0 Å². The molecule has 14 heavy (non-hydrogen) atoms. The van der Waals surface area contributed by atoms with E-state index in [1.165, 1.54) is 0 Å². The second-order valence-corrected chi connectivity index (χ2v) is 4.73. The summed E-state index contributed by atoms with van der Waals surface area (Å²) in [5.41, 5.74) is 0. The van der Waals surface area contributed by atoms with Gasteiger partial charge in [0.2, 0.25) is 0 Å². The van der Waals surface area contributed by atoms with Crippen molar-refractivity contribution in [2.24, 2.45) is 0 Å². The summed E-state index contributed by atoms with van der Waals surface area (Å²) < 4.78 is 0.996. The van der Waals surface area contributed by atoms with Crippen LogP contribution in [0.4, 0.5) is 0 Å². The molecule has 0 amide bonds. The van der Waals surface area contributed by atoms with Crippen molar-refractivity contribution < 1.29 is 17.1 Å². The first-order chi connectivity index (χ1) is 6.13. The molecule has 0 aromatic heterocycles. The first-order valence-corrected chi connectivity index (χ1v) is 5.71. The Kier molecular flexibility index (Phi) is 15.0. The molecule has 0 saturated carbocycles. The van der Waals surface area contributed by atoms with E-state index in [-0.39, 0.29) is 17.1 Å². The van der Waals surface area contributed by atoms with Crippen molar-refractivity contribution in [3.05, 3.63) is 5.32 Å². The fourth-order valence-corrected chi connectivity index (χ4v) is 1.19. The summed E-state index contributed by atoms with van der Waals surface area (Å²) in [6.45, 7) is 1.65. The minimum atomic E-state index is 0. The molecule has 0 radical (unpaired) electrons. The summed E-state index contributed by atoms with van der Waals surface area (Å²) in [5, 5.41) is 6.96. The van der Waals surface area contributed by atoms with Crippen molar-refractivity contribution >= 4 is 58.3 Å². The molecule has 0 saturated heterocycles. The summed E-state index contributed by atoms with van der Waals surface area (Å²) in [5.74, 6) is 0. The van der Waals surface area contributed by atoms with Crippen molar-refractivity contribution in [1.82, 2.24) is 5.32 Å². The van der Waals surface area contributed by atoms with Gasteiger partial charge in [-0.05, 0) is 10.7 Å². The molecule has 0 heterocycles. The third-order valence-corrected chi connectivity index (χ3v) is 1.93. The second-order valence-electron chi connectivity index (χ2n) is 2.46. The van der Waals surface area contributed by atoms with Crippen LogP contribution in [0.15, 0.2) is 0 Å². The Hall–Kier alpha value is 0.999. The number of thiocarbonyl (C=S) groups is 2. The first-order valence-electron chi connectivity index (χ1n) is 4.00. The number of thiol groups is 2. The predicted molar refractivity (Wildman–Crippen MR) is 73.2 cm³/mol. The molecule has 0 atom stereocenters. The minimum absolute atomic E-state index is 0. The Morgan fingerprint density at radius 3 is 2.29 bits per heavy atom. The summed E-state index contributed by atoms with van der Waals surface area (Å²) in [4.78, 5) is 0. The van der Waals surface area contributed by atoms with Crippen LogP contribution in [-0.4, -0.2) is 21.7 Å². The first kappa shape index (κ1) is 17.4. The van der Waals surface area contributed by atoms with E-state index >= 15 is 0 Å². The van der Waals surface area contributed by atoms with Gasteiger partial charge in [0, 0.05) is 6.54 Å². The van der Waals surface area contributed by atoms with Gasteiger partial charge < -0.3 is 10.6 Å². The molecule has 0 aliphatic carbocycles. The quantitative estimate of drug-likeness (QED) is 0.304. The monoisotopic (exact) mass is 316 g/mol. The molecule has 86 valence electrons. The summed E-state index contributed by atoms with van der Waals surface area (Å²) in [6, 6.07) is 0. The van der Waals surface area contributed by atoms with Gasteiger partial charge in [0.1, 0.15) is 4.32 Å². The number of nitrogens with zero attached hydrogens (tertiary/aromatic N) is 1. The van der Waals surface area contributed by atoms with Crippen LogP contribution in [0.2, 0.25) is 0 Å². The Morgan fingerprint density at radius 2 is 1.79 bits per heavy atom. The average Bonchev–Trinajstić information content (AvgIpc) is 2.01. The van der Waals surface area contributed by atoms with Crippen LogP contribution in [0.5, 0.6) is 0 Å². The molecule has 0 fully saturated rings. The van der Waals surface area contributed by atoms with Gasteiger partial charge in [-0.15, -0.1) is 19.2 Å². The molecule has 0 bridgehead atoms. The molecular weight excluding hydrogens is 304 g/mol. The molecule has 2 nitrogen and oxygen atoms in total. The zero-order valence-corrected chi connectivity index (χ0v) is 11.9. The predicted octanol–water partition coefficient (Wildman–Crippen LogP) is 2.55. The summed E-state index contributed by atoms with van der Waals surface area (Å²) in [6.07, 6.45) is 3.24. The molecule has 0 aromatic carbocycles. The van der Waals surface area contributed by atoms with Crippen LogP contribution in [0, 0.1) is 0 Å². The normalized spacial score (nSPS) is 8.71. The van der Waals surface area contributed by atoms with E-state index in [0.717, 1.165) is 32.4 Å². The maximum atomic E-state index is 4.74. The van der Waals surface area contributed by atoms with E-state index in [0.29, 0.717) is 8.64 Å². The maximum absolute atomic E-state index is 4.74. The molecule has 0 unspecified atom stereocenters. The van der Waals surface area contributed by atoms with Crippen LogP contribution in [0.1, 0.15) is 19.3 Å². The number of hydrogen-bond donors (Lipinski definition) is 3. The molecule has 0 rings (SSSR count). The van der Waals surface area contributed by atoms with Gasteiger partial charge in [0.05, 0.1) is 0 Å². The van der Waals surface area contributed by atoms with E-state index in [9.17, 15) is 0 Å². The molecule has 0 aliphatic heterocycles. The van der Waals surface area contributed by atoms with Crippen LogP contribution in [0.25, 0.3) is 5.32 Å². The standard InChI is InChI=1S/C7H14N2S4.Cu/c10-6(11)8-4-2-1-3-5-9-7(12)13;/h1-5H2,(H4,8,9,10,11,12,13);/q;+1/p-1. The fraction of sp³-hybridized carbons (Fsp3) is 0.714. The fourth-order valence-electron chi connectivity index (χ4n) is 0.784.